The zero-order valence-electron chi connectivity index (χ0n) is 27.2. The highest BCUT2D eigenvalue weighted by molar-refractivity contribution is 6.19. The smallest absolute Gasteiger partial charge is 0.331 e. The van der Waals surface area contributed by atoms with Crippen LogP contribution in [0.15, 0.2) is 12.1 Å². The number of carbonyl (C=O) groups excluding carboxylic acids is 3. The van der Waals surface area contributed by atoms with E-state index in [4.69, 9.17) is 9.47 Å². The predicted octanol–water partition coefficient (Wildman–Crippen LogP) is 6.25. The van der Waals surface area contributed by atoms with Crippen molar-refractivity contribution >= 4 is 17.7 Å². The molecule has 0 bridgehead atoms. The van der Waals surface area contributed by atoms with E-state index in [-0.39, 0.29) is 40.7 Å². The fourth-order valence-electron chi connectivity index (χ4n) is 5.71. The van der Waals surface area contributed by atoms with Crippen LogP contribution in [0, 0.1) is 5.41 Å². The number of aromatic hydroxyl groups is 1. The van der Waals surface area contributed by atoms with E-state index in [1.54, 1.807) is 6.92 Å². The molecular formula is C33H53NO6. The molecule has 7 heteroatoms. The Hall–Kier alpha value is -2.41. The van der Waals surface area contributed by atoms with Gasteiger partial charge < -0.3 is 14.6 Å². The van der Waals surface area contributed by atoms with E-state index in [1.165, 1.54) is 6.92 Å². The minimum absolute atomic E-state index is 0.0467. The van der Waals surface area contributed by atoms with Crippen LogP contribution in [-0.4, -0.2) is 58.6 Å². The molecule has 226 valence electrons. The number of nitrogens with zero attached hydrogens (tertiary/aromatic N) is 1. The van der Waals surface area contributed by atoms with Gasteiger partial charge in [0, 0.05) is 30.3 Å². The number of piperidine rings is 1. The average Bonchev–Trinajstić information content (AvgIpc) is 2.79. The second kappa shape index (κ2) is 11.5. The molecule has 1 aromatic rings. The summed E-state index contributed by atoms with van der Waals surface area (Å²) in [6, 6.07) is 3.83. The van der Waals surface area contributed by atoms with Crippen LogP contribution in [-0.2, 0) is 41.1 Å². The number of phenols is 1. The number of likely N-dealkylation sites (tertiary alicyclic amines) is 1. The molecule has 1 saturated heterocycles. The van der Waals surface area contributed by atoms with E-state index in [9.17, 15) is 19.5 Å². The number of carbonyl (C=O) groups is 3. The molecule has 0 radical (unpaired) electrons. The fraction of sp³-hybridized carbons (Fsp3) is 0.727. The molecule has 1 aliphatic heterocycles. The minimum atomic E-state index is -2.07. The zero-order chi connectivity index (χ0) is 31.1. The Kier molecular flexibility index (Phi) is 9.68. The Bertz CT molecular complexity index is 1070. The molecule has 0 amide bonds. The third-order valence-corrected chi connectivity index (χ3v) is 8.62. The van der Waals surface area contributed by atoms with E-state index in [0.29, 0.717) is 19.3 Å². The monoisotopic (exact) mass is 559 g/mol. The molecule has 2 rings (SSSR count). The molecule has 1 aromatic carbocycles. The maximum atomic E-state index is 13.7. The summed E-state index contributed by atoms with van der Waals surface area (Å²) in [5.41, 5.74) is -0.711. The van der Waals surface area contributed by atoms with Gasteiger partial charge in [0.2, 0.25) is 5.41 Å². The van der Waals surface area contributed by atoms with Crippen LogP contribution in [0.5, 0.6) is 5.75 Å². The van der Waals surface area contributed by atoms with Crippen molar-refractivity contribution in [2.75, 3.05) is 13.7 Å². The van der Waals surface area contributed by atoms with Gasteiger partial charge in [0.05, 0.1) is 6.61 Å². The van der Waals surface area contributed by atoms with Gasteiger partial charge in [0.15, 0.2) is 5.78 Å². The highest BCUT2D eigenvalue weighted by Crippen LogP contribution is 2.41. The molecule has 0 spiro atoms. The maximum absolute atomic E-state index is 13.7. The highest BCUT2D eigenvalue weighted by Gasteiger charge is 2.53. The quantitative estimate of drug-likeness (QED) is 0.297. The topological polar surface area (TPSA) is 93.1 Å². The first-order chi connectivity index (χ1) is 18.0. The van der Waals surface area contributed by atoms with Gasteiger partial charge in [-0.1, -0.05) is 53.7 Å². The molecule has 0 aromatic heterocycles. The van der Waals surface area contributed by atoms with Gasteiger partial charge in [0.1, 0.15) is 11.9 Å². The molecule has 1 unspecified atom stereocenters. The third-order valence-electron chi connectivity index (χ3n) is 8.62. The number of aryl methyl sites for hydroxylation is 1. The Morgan fingerprint density at radius 3 is 1.75 bits per heavy atom. The van der Waals surface area contributed by atoms with Crippen molar-refractivity contribution in [1.82, 2.24) is 4.90 Å². The van der Waals surface area contributed by atoms with Crippen LogP contribution >= 0.6 is 0 Å². The van der Waals surface area contributed by atoms with Crippen molar-refractivity contribution in [3.05, 3.63) is 28.8 Å². The lowest BCUT2D eigenvalue weighted by Crippen LogP contribution is -2.61. The van der Waals surface area contributed by atoms with Crippen molar-refractivity contribution in [3.63, 3.8) is 0 Å². The molecule has 1 atom stereocenters. The van der Waals surface area contributed by atoms with Crippen LogP contribution < -0.4 is 0 Å². The van der Waals surface area contributed by atoms with Crippen LogP contribution in [0.25, 0.3) is 0 Å². The fourth-order valence-corrected chi connectivity index (χ4v) is 5.71. The Morgan fingerprint density at radius 1 is 0.900 bits per heavy atom. The first-order valence-corrected chi connectivity index (χ1v) is 14.5. The Balaban J connectivity index is 2.38. The summed E-state index contributed by atoms with van der Waals surface area (Å²) in [6.07, 6.45) is 1.000. The van der Waals surface area contributed by atoms with Crippen molar-refractivity contribution in [1.29, 1.82) is 0 Å². The number of Topliss-reactive ketones (excluding diaryl/α,β-unsaturated/α-hetero) is 1. The average molecular weight is 560 g/mol. The zero-order valence-corrected chi connectivity index (χ0v) is 27.2. The summed E-state index contributed by atoms with van der Waals surface area (Å²) in [4.78, 5) is 42.8. The summed E-state index contributed by atoms with van der Waals surface area (Å²) in [5.74, 6) is -2.01. The number of hydrogen-bond acceptors (Lipinski definition) is 7. The van der Waals surface area contributed by atoms with E-state index in [0.717, 1.165) is 16.7 Å². The summed E-state index contributed by atoms with van der Waals surface area (Å²) in [5, 5.41) is 11.0. The van der Waals surface area contributed by atoms with Crippen LogP contribution in [0.1, 0.15) is 119 Å². The number of ether oxygens (including phenoxy) is 2. The molecule has 1 aliphatic rings. The number of hydrogen-bond donors (Lipinski definition) is 1. The normalized spacial score (nSPS) is 19.5. The SMILES string of the molecule is CCOC(=O)C(C)(C(=O)CCc1cc(C(C)(C)C)c(O)c(C(C)(C)C)c1)C(=O)OC1CC(C)(C)N(C)C(C)(C)C1. The van der Waals surface area contributed by atoms with Crippen LogP contribution in [0.3, 0.4) is 0 Å². The van der Waals surface area contributed by atoms with E-state index in [2.05, 4.69) is 39.6 Å². The number of benzene rings is 1. The largest absolute Gasteiger partial charge is 0.507 e. The standard InChI is InChI=1S/C33H53NO6/c1-14-39-27(37)33(12,28(38)40-22-19-31(8,9)34(13)32(10,11)20-22)25(35)16-15-21-17-23(29(2,3)4)26(36)24(18-21)30(5,6)7/h17-18,22,36H,14-16,19-20H2,1-13H3. The minimum Gasteiger partial charge on any atom is -0.507 e. The molecule has 1 heterocycles. The van der Waals surface area contributed by atoms with Gasteiger partial charge in [-0.3, -0.25) is 19.3 Å². The van der Waals surface area contributed by atoms with E-state index >= 15 is 0 Å². The first-order valence-electron chi connectivity index (χ1n) is 14.5. The lowest BCUT2D eigenvalue weighted by molar-refractivity contribution is -0.181. The van der Waals surface area contributed by atoms with Gasteiger partial charge in [0.25, 0.3) is 0 Å². The molecule has 1 fully saturated rings. The van der Waals surface area contributed by atoms with Gasteiger partial charge in [-0.15, -0.1) is 0 Å². The van der Waals surface area contributed by atoms with Gasteiger partial charge >= 0.3 is 11.9 Å². The Morgan fingerprint density at radius 2 is 1.35 bits per heavy atom. The predicted molar refractivity (Wildman–Crippen MR) is 159 cm³/mol. The van der Waals surface area contributed by atoms with E-state index in [1.807, 2.05) is 53.7 Å². The van der Waals surface area contributed by atoms with Crippen molar-refractivity contribution in [2.45, 2.75) is 137 Å². The third kappa shape index (κ3) is 7.07. The molecule has 0 saturated carbocycles. The van der Waals surface area contributed by atoms with Crippen molar-refractivity contribution < 1.29 is 29.0 Å². The van der Waals surface area contributed by atoms with Gasteiger partial charge in [-0.25, -0.2) is 0 Å². The number of phenolic OH excluding ortho intramolecular Hbond substituents is 1. The Labute approximate surface area is 242 Å². The van der Waals surface area contributed by atoms with E-state index < -0.39 is 29.2 Å². The molecule has 0 aliphatic carbocycles. The molecule has 1 N–H and O–H groups in total. The van der Waals surface area contributed by atoms with Crippen molar-refractivity contribution in [2.24, 2.45) is 5.41 Å². The van der Waals surface area contributed by atoms with Crippen LogP contribution in [0.4, 0.5) is 0 Å². The maximum Gasteiger partial charge on any atom is 0.331 e. The number of rotatable bonds is 8. The van der Waals surface area contributed by atoms with Crippen molar-refractivity contribution in [3.8, 4) is 5.75 Å². The summed E-state index contributed by atoms with van der Waals surface area (Å²) in [7, 11) is 2.06. The van der Waals surface area contributed by atoms with Gasteiger partial charge in [-0.05, 0) is 82.5 Å². The highest BCUT2D eigenvalue weighted by atomic mass is 16.6. The molecular weight excluding hydrogens is 506 g/mol. The second-order valence-corrected chi connectivity index (χ2v) is 14.9. The summed E-state index contributed by atoms with van der Waals surface area (Å²) in [6.45, 7) is 23.6. The number of ketones is 1. The molecule has 7 nitrogen and oxygen atoms in total. The molecule has 40 heavy (non-hydrogen) atoms. The lowest BCUT2D eigenvalue weighted by Gasteiger charge is -2.53. The first kappa shape index (κ1) is 33.8. The van der Waals surface area contributed by atoms with Gasteiger partial charge in [-0.2, -0.15) is 0 Å². The van der Waals surface area contributed by atoms with Crippen LogP contribution in [0.2, 0.25) is 0 Å². The number of esters is 2. The summed E-state index contributed by atoms with van der Waals surface area (Å²) < 4.78 is 11.2. The lowest BCUT2D eigenvalue weighted by atomic mass is 9.77. The second-order valence-electron chi connectivity index (χ2n) is 14.9. The summed E-state index contributed by atoms with van der Waals surface area (Å²) >= 11 is 0.